The molecule has 0 heterocycles. The van der Waals surface area contributed by atoms with E-state index >= 15 is 0 Å². The average Bonchev–Trinajstić information content (AvgIpc) is 1.85. The van der Waals surface area contributed by atoms with Crippen molar-refractivity contribution >= 4 is 6.09 Å². The summed E-state index contributed by atoms with van der Waals surface area (Å²) in [6.07, 6.45) is 1.16. The second kappa shape index (κ2) is 11.1. The smallest absolute Gasteiger partial charge is 0.404 e. The van der Waals surface area contributed by atoms with Crippen LogP contribution in [0.2, 0.25) is 0 Å². The first-order chi connectivity index (χ1) is 4.68. The Morgan fingerprint density at radius 2 is 1.80 bits per heavy atom. The third kappa shape index (κ3) is 26.7. The Hall–Kier alpha value is -0.730. The summed E-state index contributed by atoms with van der Waals surface area (Å²) in [5.74, 6) is 0. The normalized spacial score (nSPS) is 7.50. The molecule has 0 unspecified atom stereocenters. The molecule has 0 radical (unpaired) electrons. The lowest BCUT2D eigenvalue weighted by atomic mass is 10.5. The molecule has 62 valence electrons. The number of rotatable bonds is 2. The van der Waals surface area contributed by atoms with E-state index in [1.807, 2.05) is 6.92 Å². The largest absolute Gasteiger partial charge is 0.465 e. The fraction of sp³-hybridized carbons (Fsp3) is 0.857. The first-order valence-corrected chi connectivity index (χ1v) is 3.65. The minimum absolute atomic E-state index is 0.551. The third-order valence-corrected chi connectivity index (χ3v) is 0.526. The molecule has 1 amide bonds. The number of nitrogens with one attached hydrogen (secondary N) is 1. The molecule has 0 aliphatic carbocycles. The van der Waals surface area contributed by atoms with Gasteiger partial charge in [0.15, 0.2) is 0 Å². The van der Waals surface area contributed by atoms with Crippen LogP contribution in [0, 0.1) is 0 Å². The molecule has 3 heteroatoms. The van der Waals surface area contributed by atoms with Crippen molar-refractivity contribution in [3.63, 3.8) is 0 Å². The van der Waals surface area contributed by atoms with Gasteiger partial charge in [0.1, 0.15) is 0 Å². The Kier molecular flexibility index (Phi) is 13.3. The summed E-state index contributed by atoms with van der Waals surface area (Å²) < 4.78 is 0. The highest BCUT2D eigenvalue weighted by Crippen LogP contribution is 1.67. The fourth-order valence-corrected chi connectivity index (χ4v) is 0.232. The van der Waals surface area contributed by atoms with Crippen LogP contribution >= 0.6 is 0 Å². The lowest BCUT2D eigenvalue weighted by molar-refractivity contribution is 0.194. The lowest BCUT2D eigenvalue weighted by Gasteiger charge is -1.91. The summed E-state index contributed by atoms with van der Waals surface area (Å²) in [5, 5.41) is 10.1. The van der Waals surface area contributed by atoms with E-state index in [1.165, 1.54) is 6.42 Å². The van der Waals surface area contributed by atoms with Gasteiger partial charge in [-0.15, -0.1) is 0 Å². The standard InChI is InChI=1S/C4H9NO2.C3H8/c1-2-3-5-4(6)7;1-3-2/h5H,2-3H2,1H3,(H,6,7);3H2,1-2H3. The van der Waals surface area contributed by atoms with Gasteiger partial charge in [-0.1, -0.05) is 27.2 Å². The van der Waals surface area contributed by atoms with Crippen LogP contribution in [0.25, 0.3) is 0 Å². The fourth-order valence-electron chi connectivity index (χ4n) is 0.232. The van der Waals surface area contributed by atoms with Gasteiger partial charge in [0.05, 0.1) is 0 Å². The topological polar surface area (TPSA) is 49.3 Å². The highest BCUT2D eigenvalue weighted by molar-refractivity contribution is 5.64. The maximum atomic E-state index is 9.65. The van der Waals surface area contributed by atoms with Gasteiger partial charge < -0.3 is 10.4 Å². The monoisotopic (exact) mass is 147 g/mol. The van der Waals surface area contributed by atoms with Crippen molar-refractivity contribution in [1.82, 2.24) is 5.32 Å². The van der Waals surface area contributed by atoms with Crippen molar-refractivity contribution in [2.24, 2.45) is 0 Å². The zero-order valence-electron chi connectivity index (χ0n) is 6.98. The predicted molar refractivity (Wildman–Crippen MR) is 42.3 cm³/mol. The molecule has 0 fully saturated rings. The van der Waals surface area contributed by atoms with E-state index in [1.54, 1.807) is 0 Å². The van der Waals surface area contributed by atoms with E-state index in [0.29, 0.717) is 6.54 Å². The Balaban J connectivity index is 0. The van der Waals surface area contributed by atoms with Crippen LogP contribution < -0.4 is 5.32 Å². The summed E-state index contributed by atoms with van der Waals surface area (Å²) >= 11 is 0. The van der Waals surface area contributed by atoms with Gasteiger partial charge >= 0.3 is 6.09 Å². The van der Waals surface area contributed by atoms with Gasteiger partial charge in [-0.05, 0) is 6.42 Å². The van der Waals surface area contributed by atoms with E-state index in [4.69, 9.17) is 5.11 Å². The highest BCUT2D eigenvalue weighted by Gasteiger charge is 1.86. The molecule has 10 heavy (non-hydrogen) atoms. The molecule has 0 aliphatic heterocycles. The lowest BCUT2D eigenvalue weighted by Crippen LogP contribution is -2.20. The van der Waals surface area contributed by atoms with Gasteiger partial charge in [-0.2, -0.15) is 0 Å². The molecular formula is C7H17NO2. The number of carbonyl (C=O) groups is 1. The van der Waals surface area contributed by atoms with Crippen molar-refractivity contribution in [2.45, 2.75) is 33.6 Å². The number of hydrogen-bond acceptors (Lipinski definition) is 1. The summed E-state index contributed by atoms with van der Waals surface area (Å²) in [5.41, 5.74) is 0. The van der Waals surface area contributed by atoms with Gasteiger partial charge in [-0.3, -0.25) is 0 Å². The Morgan fingerprint density at radius 3 is 1.90 bits per heavy atom. The van der Waals surface area contributed by atoms with E-state index in [-0.39, 0.29) is 0 Å². The minimum Gasteiger partial charge on any atom is -0.465 e. The van der Waals surface area contributed by atoms with Gasteiger partial charge in [0.25, 0.3) is 0 Å². The molecule has 0 rings (SSSR count). The quantitative estimate of drug-likeness (QED) is 0.628. The molecule has 0 bridgehead atoms. The Bertz CT molecular complexity index is 74.0. The van der Waals surface area contributed by atoms with E-state index in [2.05, 4.69) is 19.2 Å². The first-order valence-electron chi connectivity index (χ1n) is 3.65. The van der Waals surface area contributed by atoms with Crippen LogP contribution in [0.4, 0.5) is 4.79 Å². The molecule has 0 saturated carbocycles. The van der Waals surface area contributed by atoms with Crippen molar-refractivity contribution in [2.75, 3.05) is 6.54 Å². The highest BCUT2D eigenvalue weighted by atomic mass is 16.4. The van der Waals surface area contributed by atoms with Crippen molar-refractivity contribution < 1.29 is 9.90 Å². The first kappa shape index (κ1) is 12.0. The van der Waals surface area contributed by atoms with Crippen molar-refractivity contribution in [3.05, 3.63) is 0 Å². The van der Waals surface area contributed by atoms with E-state index in [0.717, 1.165) is 6.42 Å². The summed E-state index contributed by atoms with van der Waals surface area (Å²) in [4.78, 5) is 9.65. The van der Waals surface area contributed by atoms with Crippen LogP contribution in [0.1, 0.15) is 33.6 Å². The molecule has 0 saturated heterocycles. The Morgan fingerprint density at radius 1 is 1.40 bits per heavy atom. The Labute approximate surface area is 62.4 Å². The summed E-state index contributed by atoms with van der Waals surface area (Å²) in [6, 6.07) is 0. The van der Waals surface area contributed by atoms with Crippen LogP contribution in [0.5, 0.6) is 0 Å². The summed E-state index contributed by atoms with van der Waals surface area (Å²) in [7, 11) is 0. The maximum absolute atomic E-state index is 9.65. The molecule has 0 aromatic heterocycles. The average molecular weight is 147 g/mol. The molecule has 2 N–H and O–H groups in total. The second-order valence-electron chi connectivity index (χ2n) is 1.94. The van der Waals surface area contributed by atoms with Crippen LogP contribution in [-0.2, 0) is 0 Å². The number of amides is 1. The molecule has 0 aliphatic rings. The summed E-state index contributed by atoms with van der Waals surface area (Å²) in [6.45, 7) is 6.71. The van der Waals surface area contributed by atoms with E-state index < -0.39 is 6.09 Å². The molecule has 0 aromatic carbocycles. The van der Waals surface area contributed by atoms with Gasteiger partial charge in [0, 0.05) is 6.54 Å². The predicted octanol–water partition coefficient (Wildman–Crippen LogP) is 2.08. The van der Waals surface area contributed by atoms with Crippen LogP contribution in [-0.4, -0.2) is 17.7 Å². The molecule has 0 atom stereocenters. The number of hydrogen-bond donors (Lipinski definition) is 2. The zero-order valence-corrected chi connectivity index (χ0v) is 6.98. The van der Waals surface area contributed by atoms with E-state index in [9.17, 15) is 4.79 Å². The second-order valence-corrected chi connectivity index (χ2v) is 1.94. The van der Waals surface area contributed by atoms with Gasteiger partial charge in [0.2, 0.25) is 0 Å². The molecule has 3 nitrogen and oxygen atoms in total. The molecule has 0 aromatic rings. The minimum atomic E-state index is -0.943. The van der Waals surface area contributed by atoms with Crippen LogP contribution in [0.3, 0.4) is 0 Å². The van der Waals surface area contributed by atoms with Crippen molar-refractivity contribution in [1.29, 1.82) is 0 Å². The van der Waals surface area contributed by atoms with Crippen LogP contribution in [0.15, 0.2) is 0 Å². The van der Waals surface area contributed by atoms with Gasteiger partial charge in [-0.25, -0.2) is 4.79 Å². The number of carboxylic acid groups (broad SMARTS) is 1. The molecular weight excluding hydrogens is 130 g/mol. The van der Waals surface area contributed by atoms with Crippen molar-refractivity contribution in [3.8, 4) is 0 Å². The third-order valence-electron chi connectivity index (χ3n) is 0.526. The zero-order chi connectivity index (χ0) is 8.41. The molecule has 0 spiro atoms. The maximum Gasteiger partial charge on any atom is 0.404 e. The SMILES string of the molecule is CCC.CCCNC(=O)O.